The lowest BCUT2D eigenvalue weighted by molar-refractivity contribution is 0.266. The predicted molar refractivity (Wildman–Crippen MR) is 77.7 cm³/mol. The molecule has 0 spiro atoms. The number of likely N-dealkylation sites (tertiary alicyclic amines) is 1. The van der Waals surface area contributed by atoms with Crippen molar-refractivity contribution >= 4 is 23.5 Å². The summed E-state index contributed by atoms with van der Waals surface area (Å²) in [6.07, 6.45) is 1.21. The lowest BCUT2D eigenvalue weighted by Crippen LogP contribution is -2.29. The van der Waals surface area contributed by atoms with Crippen LogP contribution < -0.4 is 10.6 Å². The van der Waals surface area contributed by atoms with E-state index in [4.69, 9.17) is 11.6 Å². The molecule has 6 nitrogen and oxygen atoms in total. The molecule has 106 valence electrons. The van der Waals surface area contributed by atoms with Crippen LogP contribution in [-0.2, 0) is 0 Å². The fourth-order valence-corrected chi connectivity index (χ4v) is 2.43. The minimum absolute atomic E-state index is 0.206. The van der Waals surface area contributed by atoms with Crippen LogP contribution in [0.1, 0.15) is 20.3 Å². The Kier molecular flexibility index (Phi) is 4.76. The second kappa shape index (κ2) is 6.34. The smallest absolute Gasteiger partial charge is 0.228 e. The Labute approximate surface area is 119 Å². The Morgan fingerprint density at radius 1 is 1.32 bits per heavy atom. The highest BCUT2D eigenvalue weighted by molar-refractivity contribution is 6.28. The molecular formula is C12H21ClN6. The molecule has 1 aromatic heterocycles. The number of halogens is 1. The molecule has 0 radical (unpaired) electrons. The van der Waals surface area contributed by atoms with E-state index in [-0.39, 0.29) is 5.28 Å². The Morgan fingerprint density at radius 2 is 2.05 bits per heavy atom. The highest BCUT2D eigenvalue weighted by Crippen LogP contribution is 2.19. The summed E-state index contributed by atoms with van der Waals surface area (Å²) in [5.74, 6) is 1.65. The molecule has 2 heterocycles. The number of aromatic nitrogens is 3. The van der Waals surface area contributed by atoms with Gasteiger partial charge < -0.3 is 15.5 Å². The number of anilines is 2. The Bertz CT molecular complexity index is 425. The zero-order chi connectivity index (χ0) is 13.8. The Hall–Kier alpha value is -1.14. The van der Waals surface area contributed by atoms with E-state index in [0.717, 1.165) is 13.1 Å². The summed E-state index contributed by atoms with van der Waals surface area (Å²) in [5, 5.41) is 6.32. The summed E-state index contributed by atoms with van der Waals surface area (Å²) < 4.78 is 0. The van der Waals surface area contributed by atoms with Crippen LogP contribution in [0.15, 0.2) is 0 Å². The molecule has 19 heavy (non-hydrogen) atoms. The fourth-order valence-electron chi connectivity index (χ4n) is 2.27. The van der Waals surface area contributed by atoms with Gasteiger partial charge in [0, 0.05) is 26.2 Å². The van der Waals surface area contributed by atoms with Crippen LogP contribution in [0, 0.1) is 5.92 Å². The van der Waals surface area contributed by atoms with E-state index in [1.807, 2.05) is 0 Å². The number of hydrogen-bond acceptors (Lipinski definition) is 6. The number of nitrogens with one attached hydrogen (secondary N) is 2. The van der Waals surface area contributed by atoms with Crippen LogP contribution in [0.2, 0.25) is 5.28 Å². The van der Waals surface area contributed by atoms with Gasteiger partial charge in [0.2, 0.25) is 17.2 Å². The first-order valence-corrected chi connectivity index (χ1v) is 7.03. The predicted octanol–water partition coefficient (Wildman–Crippen LogP) is 1.71. The third-order valence-corrected chi connectivity index (χ3v) is 3.60. The van der Waals surface area contributed by atoms with E-state index >= 15 is 0 Å². The van der Waals surface area contributed by atoms with Gasteiger partial charge >= 0.3 is 0 Å². The van der Waals surface area contributed by atoms with E-state index in [9.17, 15) is 0 Å². The molecule has 2 N–H and O–H groups in total. The van der Waals surface area contributed by atoms with Gasteiger partial charge in [-0.3, -0.25) is 0 Å². The van der Waals surface area contributed by atoms with Crippen LogP contribution in [0.5, 0.6) is 0 Å². The fraction of sp³-hybridized carbons (Fsp3) is 0.750. The van der Waals surface area contributed by atoms with Crippen molar-refractivity contribution < 1.29 is 0 Å². The Balaban J connectivity index is 1.87. The molecule has 1 unspecified atom stereocenters. The second-order valence-corrected chi connectivity index (χ2v) is 5.46. The summed E-state index contributed by atoms with van der Waals surface area (Å²) in [7, 11) is 1.76. The molecule has 0 aromatic carbocycles. The monoisotopic (exact) mass is 284 g/mol. The van der Waals surface area contributed by atoms with Crippen LogP contribution >= 0.6 is 11.6 Å². The van der Waals surface area contributed by atoms with Gasteiger partial charge in [-0.1, -0.05) is 0 Å². The lowest BCUT2D eigenvalue weighted by Gasteiger charge is -2.20. The minimum Gasteiger partial charge on any atom is -0.357 e. The standard InChI is InChI=1S/C12H21ClN6/c1-8(2)19-5-4-9(7-19)6-15-12-17-10(13)16-11(14-3)18-12/h8-9H,4-7H2,1-3H3,(H2,14,15,16,17,18). The summed E-state index contributed by atoms with van der Waals surface area (Å²) in [5.41, 5.74) is 0. The molecule has 1 atom stereocenters. The van der Waals surface area contributed by atoms with Crippen molar-refractivity contribution in [2.24, 2.45) is 5.92 Å². The van der Waals surface area contributed by atoms with Crippen LogP contribution in [-0.4, -0.2) is 52.6 Å². The van der Waals surface area contributed by atoms with E-state index in [1.54, 1.807) is 7.05 Å². The molecule has 0 bridgehead atoms. The molecule has 1 fully saturated rings. The van der Waals surface area contributed by atoms with Crippen molar-refractivity contribution in [3.8, 4) is 0 Å². The summed E-state index contributed by atoms with van der Waals surface area (Å²) >= 11 is 5.84. The van der Waals surface area contributed by atoms with Crippen LogP contribution in [0.3, 0.4) is 0 Å². The van der Waals surface area contributed by atoms with Crippen LogP contribution in [0.25, 0.3) is 0 Å². The average Bonchev–Trinajstić information content (AvgIpc) is 2.84. The molecule has 2 rings (SSSR count). The van der Waals surface area contributed by atoms with Crippen molar-refractivity contribution in [3.05, 3.63) is 5.28 Å². The molecule has 0 amide bonds. The minimum atomic E-state index is 0.206. The van der Waals surface area contributed by atoms with Crippen molar-refractivity contribution in [1.29, 1.82) is 0 Å². The number of rotatable bonds is 5. The van der Waals surface area contributed by atoms with Gasteiger partial charge in [-0.15, -0.1) is 0 Å². The molecule has 1 aliphatic rings. The Morgan fingerprint density at radius 3 is 2.68 bits per heavy atom. The first kappa shape index (κ1) is 14.3. The molecule has 7 heteroatoms. The molecule has 0 saturated carbocycles. The topological polar surface area (TPSA) is 66.0 Å². The molecule has 1 aliphatic heterocycles. The molecule has 0 aliphatic carbocycles. The third-order valence-electron chi connectivity index (χ3n) is 3.43. The number of nitrogens with zero attached hydrogens (tertiary/aromatic N) is 4. The van der Waals surface area contributed by atoms with Crippen molar-refractivity contribution in [2.45, 2.75) is 26.3 Å². The second-order valence-electron chi connectivity index (χ2n) is 5.13. The van der Waals surface area contributed by atoms with Gasteiger partial charge in [0.05, 0.1) is 0 Å². The molecule has 1 aromatic rings. The van der Waals surface area contributed by atoms with Crippen molar-refractivity contribution in [2.75, 3.05) is 37.3 Å². The van der Waals surface area contributed by atoms with Gasteiger partial charge in [-0.25, -0.2) is 0 Å². The maximum absolute atomic E-state index is 5.84. The maximum Gasteiger partial charge on any atom is 0.228 e. The highest BCUT2D eigenvalue weighted by atomic mass is 35.5. The van der Waals surface area contributed by atoms with Crippen molar-refractivity contribution in [3.63, 3.8) is 0 Å². The van der Waals surface area contributed by atoms with E-state index in [2.05, 4.69) is 44.3 Å². The van der Waals surface area contributed by atoms with E-state index in [0.29, 0.717) is 23.9 Å². The van der Waals surface area contributed by atoms with Gasteiger partial charge in [-0.05, 0) is 44.3 Å². The third kappa shape index (κ3) is 3.91. The lowest BCUT2D eigenvalue weighted by atomic mass is 10.1. The quantitative estimate of drug-likeness (QED) is 0.858. The summed E-state index contributed by atoms with van der Waals surface area (Å²) in [4.78, 5) is 14.7. The van der Waals surface area contributed by atoms with Gasteiger partial charge in [0.1, 0.15) is 0 Å². The normalized spacial score (nSPS) is 19.9. The first-order chi connectivity index (χ1) is 9.08. The average molecular weight is 285 g/mol. The molecule has 1 saturated heterocycles. The SMILES string of the molecule is CNc1nc(Cl)nc(NCC2CCN(C(C)C)C2)n1. The van der Waals surface area contributed by atoms with Gasteiger partial charge in [0.25, 0.3) is 0 Å². The molecular weight excluding hydrogens is 264 g/mol. The van der Waals surface area contributed by atoms with E-state index < -0.39 is 0 Å². The highest BCUT2D eigenvalue weighted by Gasteiger charge is 2.24. The number of hydrogen-bond donors (Lipinski definition) is 2. The van der Waals surface area contributed by atoms with E-state index in [1.165, 1.54) is 13.0 Å². The first-order valence-electron chi connectivity index (χ1n) is 6.65. The zero-order valence-electron chi connectivity index (χ0n) is 11.6. The zero-order valence-corrected chi connectivity index (χ0v) is 12.4. The summed E-state index contributed by atoms with van der Waals surface area (Å²) in [6.45, 7) is 7.64. The van der Waals surface area contributed by atoms with Crippen molar-refractivity contribution in [1.82, 2.24) is 19.9 Å². The largest absolute Gasteiger partial charge is 0.357 e. The summed E-state index contributed by atoms with van der Waals surface area (Å²) in [6, 6.07) is 0.618. The van der Waals surface area contributed by atoms with Gasteiger partial charge in [-0.2, -0.15) is 15.0 Å². The van der Waals surface area contributed by atoms with Gasteiger partial charge in [0.15, 0.2) is 0 Å². The maximum atomic E-state index is 5.84. The van der Waals surface area contributed by atoms with Crippen LogP contribution in [0.4, 0.5) is 11.9 Å².